The van der Waals surface area contributed by atoms with E-state index in [4.69, 9.17) is 21.1 Å². The second kappa shape index (κ2) is 4.70. The van der Waals surface area contributed by atoms with Crippen LogP contribution in [-0.2, 0) is 15.3 Å². The first-order valence-corrected chi connectivity index (χ1v) is 7.06. The Hall–Kier alpha value is -0.680. The number of pyridine rings is 1. The molecule has 1 saturated heterocycles. The molecule has 0 amide bonds. The minimum absolute atomic E-state index is 0.0230. The van der Waals surface area contributed by atoms with Crippen LogP contribution in [0.2, 0.25) is 5.15 Å². The van der Waals surface area contributed by atoms with Crippen molar-refractivity contribution in [3.8, 4) is 0 Å². The van der Waals surface area contributed by atoms with E-state index in [2.05, 4.69) is 4.98 Å². The van der Waals surface area contributed by atoms with Crippen LogP contribution >= 0.6 is 11.6 Å². The quantitative estimate of drug-likeness (QED) is 0.805. The number of fused-ring (bicyclic) bond motifs is 2. The van der Waals surface area contributed by atoms with Gasteiger partial charge in [-0.2, -0.15) is 0 Å². The molecule has 5 heteroatoms. The molecule has 1 aromatic rings. The van der Waals surface area contributed by atoms with Gasteiger partial charge in [0.25, 0.3) is 0 Å². The minimum Gasteiger partial charge on any atom is -0.396 e. The number of aliphatic hydroxyl groups excluding tert-OH is 1. The fourth-order valence-electron chi connectivity index (χ4n) is 3.06. The van der Waals surface area contributed by atoms with E-state index in [1.807, 2.05) is 19.9 Å². The molecule has 0 bridgehead atoms. The molecule has 1 spiro atoms. The van der Waals surface area contributed by atoms with Crippen molar-refractivity contribution < 1.29 is 14.6 Å². The highest BCUT2D eigenvalue weighted by atomic mass is 35.5. The third kappa shape index (κ3) is 1.98. The van der Waals surface area contributed by atoms with Crippen molar-refractivity contribution in [2.24, 2.45) is 0 Å². The lowest BCUT2D eigenvalue weighted by atomic mass is 9.80. The number of aliphatic hydroxyl groups is 1. The van der Waals surface area contributed by atoms with Crippen LogP contribution in [0.1, 0.15) is 43.7 Å². The Balaban J connectivity index is 2.12. The highest BCUT2D eigenvalue weighted by Crippen LogP contribution is 2.50. The van der Waals surface area contributed by atoms with E-state index in [0.717, 1.165) is 17.5 Å². The van der Waals surface area contributed by atoms with Crippen LogP contribution in [0.3, 0.4) is 0 Å². The summed E-state index contributed by atoms with van der Waals surface area (Å²) in [6.45, 7) is 4.11. The standard InChI is InChI=1S/C14H18ClNO3/c1-8-9(2)19-14(18-8)5-3-10(7-17)11-4-6-16-13(15)12(11)14/h4,6,8-10,17H,3,5,7H2,1-2H3/t8-,9-,10+/m1/s1. The zero-order chi connectivity index (χ0) is 13.6. The lowest BCUT2D eigenvalue weighted by molar-refractivity contribution is -0.193. The lowest BCUT2D eigenvalue weighted by Crippen LogP contribution is -2.35. The summed E-state index contributed by atoms with van der Waals surface area (Å²) in [5.41, 5.74) is 1.80. The predicted octanol–water partition coefficient (Wildman–Crippen LogP) is 2.58. The van der Waals surface area contributed by atoms with Crippen LogP contribution in [0.5, 0.6) is 0 Å². The van der Waals surface area contributed by atoms with Gasteiger partial charge < -0.3 is 14.6 Å². The third-order valence-corrected chi connectivity index (χ3v) is 4.50. The van der Waals surface area contributed by atoms with Gasteiger partial charge in [0, 0.05) is 25.1 Å². The molecule has 0 aromatic carbocycles. The van der Waals surface area contributed by atoms with Crippen molar-refractivity contribution in [3.05, 3.63) is 28.5 Å². The van der Waals surface area contributed by atoms with Gasteiger partial charge in [-0.25, -0.2) is 4.98 Å². The van der Waals surface area contributed by atoms with Crippen LogP contribution < -0.4 is 0 Å². The summed E-state index contributed by atoms with van der Waals surface area (Å²) in [7, 11) is 0. The number of nitrogens with zero attached hydrogens (tertiary/aromatic N) is 1. The van der Waals surface area contributed by atoms with E-state index in [0.29, 0.717) is 11.6 Å². The van der Waals surface area contributed by atoms with Crippen LogP contribution in [-0.4, -0.2) is 28.9 Å². The normalized spacial score (nSPS) is 32.5. The van der Waals surface area contributed by atoms with Gasteiger partial charge in [0.15, 0.2) is 5.79 Å². The van der Waals surface area contributed by atoms with Crippen molar-refractivity contribution in [3.63, 3.8) is 0 Å². The predicted molar refractivity (Wildman–Crippen MR) is 71.1 cm³/mol. The van der Waals surface area contributed by atoms with E-state index >= 15 is 0 Å². The van der Waals surface area contributed by atoms with Gasteiger partial charge in [-0.15, -0.1) is 0 Å². The van der Waals surface area contributed by atoms with Gasteiger partial charge in [-0.05, 0) is 31.9 Å². The smallest absolute Gasteiger partial charge is 0.198 e. The Bertz CT molecular complexity index is 484. The fourth-order valence-corrected chi connectivity index (χ4v) is 3.37. The van der Waals surface area contributed by atoms with Crippen LogP contribution in [0.25, 0.3) is 0 Å². The molecule has 2 aliphatic rings. The maximum atomic E-state index is 9.52. The largest absolute Gasteiger partial charge is 0.396 e. The molecule has 0 saturated carbocycles. The summed E-state index contributed by atoms with van der Waals surface area (Å²) < 4.78 is 12.1. The SMILES string of the molecule is C[C@H]1OC2(CC[C@@H](CO)c3ccnc(Cl)c32)O[C@@H]1C. The second-order valence-electron chi connectivity index (χ2n) is 5.38. The molecule has 1 fully saturated rings. The molecule has 1 aliphatic carbocycles. The Morgan fingerprint density at radius 2 is 2.11 bits per heavy atom. The summed E-state index contributed by atoms with van der Waals surface area (Å²) >= 11 is 6.28. The molecule has 104 valence electrons. The van der Waals surface area contributed by atoms with Crippen molar-refractivity contribution >= 4 is 11.6 Å². The average molecular weight is 284 g/mol. The number of rotatable bonds is 1. The Morgan fingerprint density at radius 1 is 1.42 bits per heavy atom. The summed E-state index contributed by atoms with van der Waals surface area (Å²) in [5, 5.41) is 9.93. The highest BCUT2D eigenvalue weighted by molar-refractivity contribution is 6.30. The van der Waals surface area contributed by atoms with Crippen molar-refractivity contribution in [2.45, 2.75) is 50.6 Å². The first-order valence-electron chi connectivity index (χ1n) is 6.69. The Kier molecular flexibility index (Phi) is 3.29. The van der Waals surface area contributed by atoms with Crippen LogP contribution in [0, 0.1) is 0 Å². The van der Waals surface area contributed by atoms with Gasteiger partial charge >= 0.3 is 0 Å². The third-order valence-electron chi connectivity index (χ3n) is 4.21. The van der Waals surface area contributed by atoms with Gasteiger partial charge in [0.05, 0.1) is 17.8 Å². The Labute approximate surface area is 117 Å². The van der Waals surface area contributed by atoms with Crippen molar-refractivity contribution in [2.75, 3.05) is 6.61 Å². The average Bonchev–Trinajstić information content (AvgIpc) is 2.66. The fraction of sp³-hybridized carbons (Fsp3) is 0.643. The van der Waals surface area contributed by atoms with Gasteiger partial charge in [-0.1, -0.05) is 11.6 Å². The van der Waals surface area contributed by atoms with Crippen molar-refractivity contribution in [1.82, 2.24) is 4.98 Å². The molecule has 3 atom stereocenters. The molecule has 2 heterocycles. The summed E-state index contributed by atoms with van der Waals surface area (Å²) in [4.78, 5) is 4.15. The van der Waals surface area contributed by atoms with Gasteiger partial charge in [-0.3, -0.25) is 0 Å². The molecule has 0 radical (unpaired) electrons. The molecular weight excluding hydrogens is 266 g/mol. The van der Waals surface area contributed by atoms with E-state index in [1.165, 1.54) is 0 Å². The second-order valence-corrected chi connectivity index (χ2v) is 5.74. The maximum absolute atomic E-state index is 9.52. The van der Waals surface area contributed by atoms with Gasteiger partial charge in [0.1, 0.15) is 5.15 Å². The molecule has 4 nitrogen and oxygen atoms in total. The van der Waals surface area contributed by atoms with E-state index in [9.17, 15) is 5.11 Å². The molecular formula is C14H18ClNO3. The number of hydrogen-bond acceptors (Lipinski definition) is 4. The topological polar surface area (TPSA) is 51.6 Å². The molecule has 3 rings (SSSR count). The van der Waals surface area contributed by atoms with E-state index in [1.54, 1.807) is 6.20 Å². The molecule has 1 N–H and O–H groups in total. The van der Waals surface area contributed by atoms with E-state index < -0.39 is 5.79 Å². The number of ether oxygens (including phenoxy) is 2. The molecule has 1 aliphatic heterocycles. The molecule has 1 aromatic heterocycles. The molecule has 19 heavy (non-hydrogen) atoms. The first kappa shape index (κ1) is 13.3. The first-order chi connectivity index (χ1) is 9.07. The lowest BCUT2D eigenvalue weighted by Gasteiger charge is -2.37. The monoisotopic (exact) mass is 283 g/mol. The summed E-state index contributed by atoms with van der Waals surface area (Å²) in [6.07, 6.45) is 3.24. The Morgan fingerprint density at radius 3 is 2.74 bits per heavy atom. The minimum atomic E-state index is -0.787. The van der Waals surface area contributed by atoms with Crippen LogP contribution in [0.4, 0.5) is 0 Å². The highest BCUT2D eigenvalue weighted by Gasteiger charge is 2.50. The zero-order valence-corrected chi connectivity index (χ0v) is 11.9. The van der Waals surface area contributed by atoms with Crippen molar-refractivity contribution in [1.29, 1.82) is 0 Å². The zero-order valence-electron chi connectivity index (χ0n) is 11.1. The van der Waals surface area contributed by atoms with Gasteiger partial charge in [0.2, 0.25) is 0 Å². The molecule has 0 unspecified atom stereocenters. The summed E-state index contributed by atoms with van der Waals surface area (Å²) in [6, 6.07) is 1.91. The van der Waals surface area contributed by atoms with E-state index in [-0.39, 0.29) is 24.7 Å². The maximum Gasteiger partial charge on any atom is 0.198 e. The number of hydrogen-bond donors (Lipinski definition) is 1. The summed E-state index contributed by atoms with van der Waals surface area (Å²) in [5.74, 6) is -0.704. The number of aromatic nitrogens is 1. The number of halogens is 1. The van der Waals surface area contributed by atoms with Crippen LogP contribution in [0.15, 0.2) is 12.3 Å².